The first-order valence-electron chi connectivity index (χ1n) is 7.99. The van der Waals surface area contributed by atoms with Crippen molar-refractivity contribution in [2.75, 3.05) is 0 Å². The van der Waals surface area contributed by atoms with E-state index in [1.165, 1.54) is 0 Å². The molecule has 5 heterocycles. The van der Waals surface area contributed by atoms with Crippen LogP contribution in [-0.4, -0.2) is 19.9 Å². The van der Waals surface area contributed by atoms with Crippen molar-refractivity contribution in [2.24, 2.45) is 0 Å². The van der Waals surface area contributed by atoms with E-state index in [9.17, 15) is 0 Å². The predicted molar refractivity (Wildman–Crippen MR) is 99.5 cm³/mol. The topological polar surface area (TPSA) is 74.4 Å². The molecule has 26 heavy (non-hydrogen) atoms. The number of rotatable bonds is 0. The summed E-state index contributed by atoms with van der Waals surface area (Å²) in [7, 11) is 0. The summed E-state index contributed by atoms with van der Waals surface area (Å²) in [6.45, 7) is 0. The molecule has 0 aromatic carbocycles. The molecular weight excluding hydrogens is 368 g/mol. The van der Waals surface area contributed by atoms with Gasteiger partial charge in [-0.05, 0) is 72.8 Å². The molecule has 6 heteroatoms. The van der Waals surface area contributed by atoms with E-state index in [4.69, 9.17) is 3.83 Å². The predicted octanol–water partition coefficient (Wildman–Crippen LogP) is 4.53. The monoisotopic (exact) mass is 382 g/mol. The van der Waals surface area contributed by atoms with E-state index >= 15 is 0 Å². The van der Waals surface area contributed by atoms with Crippen LogP contribution in [0.25, 0.3) is 46.4 Å². The molecule has 0 saturated carbocycles. The summed E-state index contributed by atoms with van der Waals surface area (Å²) in [4.78, 5) is 16.0. The summed E-state index contributed by atoms with van der Waals surface area (Å²) in [6.07, 6.45) is 8.05. The maximum atomic E-state index is 8.00. The third-order valence-electron chi connectivity index (χ3n) is 4.04. The van der Waals surface area contributed by atoms with E-state index in [0.717, 1.165) is 44.8 Å². The van der Waals surface area contributed by atoms with Gasteiger partial charge in [0.1, 0.15) is 0 Å². The Morgan fingerprint density at radius 2 is 0.885 bits per heavy atom. The van der Waals surface area contributed by atoms with Crippen LogP contribution in [0.3, 0.4) is 0 Å². The van der Waals surface area contributed by atoms with E-state index in [0.29, 0.717) is 0 Å². The van der Waals surface area contributed by atoms with Gasteiger partial charge in [0.25, 0.3) is 0 Å². The quantitative estimate of drug-likeness (QED) is 0.387. The van der Waals surface area contributed by atoms with Crippen molar-refractivity contribution in [1.82, 2.24) is 19.9 Å². The van der Waals surface area contributed by atoms with Gasteiger partial charge in [-0.2, -0.15) is 0 Å². The number of aromatic nitrogens is 4. The molecule has 5 rings (SSSR count). The zero-order valence-corrected chi connectivity index (χ0v) is 14.7. The Morgan fingerprint density at radius 3 is 1.31 bits per heavy atom. The summed E-state index contributed by atoms with van der Waals surface area (Å²) >= 11 is 2.00. The van der Waals surface area contributed by atoms with Crippen molar-refractivity contribution in [1.29, 1.82) is 0 Å². The van der Waals surface area contributed by atoms with Crippen molar-refractivity contribution < 1.29 is 19.8 Å². The first kappa shape index (κ1) is 16.4. The van der Waals surface area contributed by atoms with Crippen LogP contribution >= 0.6 is 0 Å². The fourth-order valence-corrected chi connectivity index (χ4v) is 2.94. The average molecular weight is 382 g/mol. The van der Waals surface area contributed by atoms with E-state index in [2.05, 4.69) is 50.3 Å². The van der Waals surface area contributed by atoms with Crippen LogP contribution in [0.2, 0.25) is 0 Å². The molecule has 0 aliphatic carbocycles. The Bertz CT molecular complexity index is 1100. The van der Waals surface area contributed by atoms with Crippen LogP contribution in [0.15, 0.2) is 48.5 Å². The Morgan fingerprint density at radius 1 is 0.538 bits per heavy atom. The second-order valence-corrected chi connectivity index (χ2v) is 5.91. The van der Waals surface area contributed by atoms with E-state index in [-0.39, 0.29) is 0 Å². The number of H-pyrrole nitrogens is 2. The Labute approximate surface area is 157 Å². The third kappa shape index (κ3) is 3.47. The number of hydrogen-bond donors (Lipinski definition) is 2. The van der Waals surface area contributed by atoms with Crippen LogP contribution in [0.5, 0.6) is 0 Å². The van der Waals surface area contributed by atoms with Crippen molar-refractivity contribution in [3.8, 4) is 0 Å². The van der Waals surface area contributed by atoms with Gasteiger partial charge in [0, 0.05) is 22.1 Å². The van der Waals surface area contributed by atoms with Crippen molar-refractivity contribution in [2.45, 2.75) is 0 Å². The molecule has 0 spiro atoms. The fourth-order valence-electron chi connectivity index (χ4n) is 2.94. The molecule has 2 aliphatic rings. The average Bonchev–Trinajstić information content (AvgIpc) is 3.42. The molecule has 0 fully saturated rings. The van der Waals surface area contributed by atoms with Crippen LogP contribution in [-0.2, 0) is 19.8 Å². The molecule has 0 radical (unpaired) electrons. The normalized spacial score (nSPS) is 11.9. The van der Waals surface area contributed by atoms with Gasteiger partial charge in [0.15, 0.2) is 0 Å². The molecule has 0 unspecified atom stereocenters. The van der Waals surface area contributed by atoms with Gasteiger partial charge in [-0.25, -0.2) is 9.97 Å². The molecule has 2 aliphatic heterocycles. The molecule has 2 N–H and O–H groups in total. The minimum absolute atomic E-state index is 0.915. The first-order valence-corrected chi connectivity index (χ1v) is 8.44. The summed E-state index contributed by atoms with van der Waals surface area (Å²) in [5.41, 5.74) is 7.86. The van der Waals surface area contributed by atoms with Crippen LogP contribution in [0.4, 0.5) is 0 Å². The summed E-state index contributed by atoms with van der Waals surface area (Å²) in [5, 5.41) is 0. The van der Waals surface area contributed by atoms with Crippen molar-refractivity contribution >= 4 is 46.4 Å². The maximum absolute atomic E-state index is 8.00. The Kier molecular flexibility index (Phi) is 4.44. The number of nitrogens with one attached hydrogen (secondary N) is 2. The van der Waals surface area contributed by atoms with Crippen LogP contribution < -0.4 is 0 Å². The van der Waals surface area contributed by atoms with Crippen LogP contribution in [0, 0.1) is 0 Å². The molecule has 5 nitrogen and oxygen atoms in total. The molecule has 0 amide bonds. The Balaban J connectivity index is 0.000000814. The number of hydrogen-bond acceptors (Lipinski definition) is 3. The number of nitrogens with zero attached hydrogens (tertiary/aromatic N) is 2. The molecule has 3 aromatic rings. The number of fused-ring (bicyclic) bond motifs is 8. The van der Waals surface area contributed by atoms with Crippen molar-refractivity contribution in [3.05, 3.63) is 71.3 Å². The van der Waals surface area contributed by atoms with E-state index < -0.39 is 0 Å². The van der Waals surface area contributed by atoms with Gasteiger partial charge in [-0.15, -0.1) is 0 Å². The fraction of sp³-hybridized carbons (Fsp3) is 0. The van der Waals surface area contributed by atoms with Gasteiger partial charge in [0.05, 0.1) is 22.8 Å². The first-order chi connectivity index (χ1) is 12.8. The third-order valence-corrected chi connectivity index (χ3v) is 4.04. The van der Waals surface area contributed by atoms with Gasteiger partial charge in [-0.1, -0.05) is 0 Å². The molecule has 3 aromatic heterocycles. The summed E-state index contributed by atoms with van der Waals surface area (Å²) in [6, 6.07) is 16.4. The molecule has 0 saturated heterocycles. The zero-order chi connectivity index (χ0) is 17.9. The number of aromatic amines is 2. The zero-order valence-electron chi connectivity index (χ0n) is 13.6. The van der Waals surface area contributed by atoms with Gasteiger partial charge < -0.3 is 9.97 Å². The van der Waals surface area contributed by atoms with Gasteiger partial charge >= 0.3 is 19.8 Å². The molecule has 8 bridgehead atoms. The standard InChI is InChI=1S/C20H14N4.Fe.O/c1-2-14-10-16-5-6-18(23-16)12-20-8-7-19(24-20)11-17-4-3-15(22-17)9-13(1)21-14;;/h1-12,21-22H;;. The molecule has 128 valence electrons. The van der Waals surface area contributed by atoms with Crippen LogP contribution in [0.1, 0.15) is 22.8 Å². The van der Waals surface area contributed by atoms with Gasteiger partial charge in [-0.3, -0.25) is 0 Å². The summed E-state index contributed by atoms with van der Waals surface area (Å²) < 4.78 is 8.00. The second-order valence-electron chi connectivity index (χ2n) is 5.91. The van der Waals surface area contributed by atoms with Crippen molar-refractivity contribution in [3.63, 3.8) is 0 Å². The van der Waals surface area contributed by atoms with E-state index in [1.807, 2.05) is 58.4 Å². The second kappa shape index (κ2) is 7.04. The minimum atomic E-state index is 0.915. The Hall–Kier alpha value is -3.08. The van der Waals surface area contributed by atoms with Gasteiger partial charge in [0.2, 0.25) is 0 Å². The molecule has 0 atom stereocenters. The van der Waals surface area contributed by atoms with E-state index in [1.54, 1.807) is 0 Å². The molecular formula is C20H14FeN4O. The SMILES string of the molecule is C1=Cc2cc3ccc(cc4ccc(cc5nc(cc1n2)C=C5)[nH]4)[nH]3.[O]=[Fe]. The summed E-state index contributed by atoms with van der Waals surface area (Å²) in [5.74, 6) is 0.